The Labute approximate surface area is 142 Å². The molecular weight excluding hydrogens is 336 g/mol. The lowest BCUT2D eigenvalue weighted by Crippen LogP contribution is -2.06. The van der Waals surface area contributed by atoms with Crippen LogP contribution in [-0.2, 0) is 6.42 Å². The Hall–Kier alpha value is -2.60. The van der Waals surface area contributed by atoms with Crippen molar-refractivity contribution in [2.45, 2.75) is 13.0 Å². The molecule has 0 radical (unpaired) electrons. The Morgan fingerprint density at radius 3 is 2.67 bits per heavy atom. The summed E-state index contributed by atoms with van der Waals surface area (Å²) in [5.74, 6) is -0.143. The van der Waals surface area contributed by atoms with Crippen molar-refractivity contribution in [1.82, 2.24) is 15.0 Å². The number of ether oxygens (including phenoxy) is 1. The highest BCUT2D eigenvalue weighted by atomic mass is 35.5. The number of pyridine rings is 1. The minimum atomic E-state index is -2.96. The Morgan fingerprint density at radius 2 is 1.96 bits per heavy atom. The van der Waals surface area contributed by atoms with E-state index < -0.39 is 6.61 Å². The molecule has 2 aromatic heterocycles. The topological polar surface area (TPSA) is 47.9 Å². The molecule has 0 N–H and O–H groups in total. The summed E-state index contributed by atoms with van der Waals surface area (Å²) < 4.78 is 29.8. The van der Waals surface area contributed by atoms with Crippen molar-refractivity contribution in [1.29, 1.82) is 0 Å². The number of hydrogen-bond acceptors (Lipinski definition) is 4. The Morgan fingerprint density at radius 1 is 1.08 bits per heavy atom. The first kappa shape index (κ1) is 16.3. The highest BCUT2D eigenvalue weighted by Gasteiger charge is 2.14. The fraction of sp³-hybridized carbons (Fsp3) is 0.118. The van der Waals surface area contributed by atoms with Crippen LogP contribution in [0.3, 0.4) is 0 Å². The lowest BCUT2D eigenvalue weighted by molar-refractivity contribution is -0.0524. The van der Waals surface area contributed by atoms with E-state index in [1.54, 1.807) is 48.9 Å². The Balaban J connectivity index is 2.00. The number of rotatable bonds is 5. The van der Waals surface area contributed by atoms with Gasteiger partial charge in [-0.25, -0.2) is 4.98 Å². The zero-order valence-electron chi connectivity index (χ0n) is 12.4. The van der Waals surface area contributed by atoms with Gasteiger partial charge in [0.05, 0.1) is 5.69 Å². The fourth-order valence-electron chi connectivity index (χ4n) is 2.26. The van der Waals surface area contributed by atoms with Crippen LogP contribution in [0.1, 0.15) is 11.3 Å². The molecule has 1 aromatic carbocycles. The van der Waals surface area contributed by atoms with Crippen molar-refractivity contribution in [3.05, 3.63) is 71.4 Å². The summed E-state index contributed by atoms with van der Waals surface area (Å²) in [5, 5.41) is 0.495. The zero-order chi connectivity index (χ0) is 16.9. The molecule has 0 saturated heterocycles. The minimum absolute atomic E-state index is 0.143. The normalized spacial score (nSPS) is 10.8. The fourth-order valence-corrected chi connectivity index (χ4v) is 2.45. The van der Waals surface area contributed by atoms with Crippen LogP contribution in [0, 0.1) is 0 Å². The first-order valence-electron chi connectivity index (χ1n) is 7.06. The molecule has 0 atom stereocenters. The lowest BCUT2D eigenvalue weighted by atomic mass is 10.0. The smallest absolute Gasteiger partial charge is 0.388 e. The van der Waals surface area contributed by atoms with Gasteiger partial charge in [0.15, 0.2) is 0 Å². The molecule has 0 amide bonds. The molecule has 0 aliphatic rings. The second kappa shape index (κ2) is 7.31. The van der Waals surface area contributed by atoms with Gasteiger partial charge in [0.2, 0.25) is 5.88 Å². The molecule has 0 aliphatic carbocycles. The molecule has 0 saturated carbocycles. The largest absolute Gasteiger partial charge is 0.416 e. The number of hydrogen-bond donors (Lipinski definition) is 0. The van der Waals surface area contributed by atoms with Crippen molar-refractivity contribution >= 4 is 11.6 Å². The maximum absolute atomic E-state index is 12.6. The molecule has 4 nitrogen and oxygen atoms in total. The van der Waals surface area contributed by atoms with Crippen LogP contribution < -0.4 is 4.74 Å². The second-order valence-electron chi connectivity index (χ2n) is 4.96. The van der Waals surface area contributed by atoms with Gasteiger partial charge in [-0.05, 0) is 29.3 Å². The molecule has 24 heavy (non-hydrogen) atoms. The molecule has 122 valence electrons. The summed E-state index contributed by atoms with van der Waals surface area (Å²) in [6.45, 7) is -2.96. The summed E-state index contributed by atoms with van der Waals surface area (Å²) in [5.41, 5.74) is 2.64. The van der Waals surface area contributed by atoms with E-state index in [0.717, 1.165) is 11.3 Å². The van der Waals surface area contributed by atoms with Gasteiger partial charge in [-0.1, -0.05) is 23.7 Å². The van der Waals surface area contributed by atoms with E-state index in [2.05, 4.69) is 19.7 Å². The van der Waals surface area contributed by atoms with E-state index in [4.69, 9.17) is 11.6 Å². The van der Waals surface area contributed by atoms with Gasteiger partial charge in [-0.15, -0.1) is 0 Å². The highest BCUT2D eigenvalue weighted by molar-refractivity contribution is 6.30. The van der Waals surface area contributed by atoms with E-state index >= 15 is 0 Å². The van der Waals surface area contributed by atoms with E-state index in [1.165, 1.54) is 6.20 Å². The van der Waals surface area contributed by atoms with E-state index in [1.807, 2.05) is 0 Å². The zero-order valence-corrected chi connectivity index (χ0v) is 13.1. The quantitative estimate of drug-likeness (QED) is 0.687. The molecule has 0 spiro atoms. The van der Waals surface area contributed by atoms with Crippen molar-refractivity contribution in [3.63, 3.8) is 0 Å². The van der Waals surface area contributed by atoms with Gasteiger partial charge in [0.1, 0.15) is 0 Å². The monoisotopic (exact) mass is 347 g/mol. The van der Waals surface area contributed by atoms with Crippen molar-refractivity contribution in [2.75, 3.05) is 0 Å². The van der Waals surface area contributed by atoms with Gasteiger partial charge < -0.3 is 4.74 Å². The molecular formula is C17H12ClF2N3O. The maximum atomic E-state index is 12.6. The molecule has 7 heteroatoms. The second-order valence-corrected chi connectivity index (χ2v) is 5.40. The number of aromatic nitrogens is 3. The molecule has 0 unspecified atom stereocenters. The highest BCUT2D eigenvalue weighted by Crippen LogP contribution is 2.32. The summed E-state index contributed by atoms with van der Waals surface area (Å²) in [6.07, 6.45) is 6.78. The van der Waals surface area contributed by atoms with Gasteiger partial charge >= 0.3 is 6.61 Å². The number of benzene rings is 1. The van der Waals surface area contributed by atoms with Crippen molar-refractivity contribution in [3.8, 4) is 17.0 Å². The predicted octanol–water partition coefficient (Wildman–Crippen LogP) is 4.38. The average Bonchev–Trinajstić information content (AvgIpc) is 2.57. The summed E-state index contributed by atoms with van der Waals surface area (Å²) >= 11 is 5.99. The van der Waals surface area contributed by atoms with Crippen LogP contribution in [-0.4, -0.2) is 21.6 Å². The van der Waals surface area contributed by atoms with Crippen LogP contribution in [0.15, 0.2) is 55.1 Å². The molecule has 0 bridgehead atoms. The predicted molar refractivity (Wildman–Crippen MR) is 86.2 cm³/mol. The van der Waals surface area contributed by atoms with E-state index in [-0.39, 0.29) is 5.88 Å². The standard InChI is InChI=1S/C17H12ClF2N3O/c18-13-3-1-2-12(8-13)15-7-11(6-14-10-21-4-5-22-14)9-23-16(15)24-17(19)20/h1-5,7-10,17H,6H2. The van der Waals surface area contributed by atoms with Crippen LogP contribution in [0.2, 0.25) is 5.02 Å². The molecule has 0 fully saturated rings. The van der Waals surface area contributed by atoms with Gasteiger partial charge in [-0.2, -0.15) is 8.78 Å². The van der Waals surface area contributed by atoms with Crippen LogP contribution >= 0.6 is 11.6 Å². The molecule has 2 heterocycles. The SMILES string of the molecule is FC(F)Oc1ncc(Cc2cnccn2)cc1-c1cccc(Cl)c1. The van der Waals surface area contributed by atoms with E-state index in [0.29, 0.717) is 22.6 Å². The van der Waals surface area contributed by atoms with Crippen molar-refractivity contribution < 1.29 is 13.5 Å². The summed E-state index contributed by atoms with van der Waals surface area (Å²) in [4.78, 5) is 12.2. The Bertz CT molecular complexity index is 831. The van der Waals surface area contributed by atoms with Gasteiger partial charge in [0, 0.05) is 41.8 Å². The number of alkyl halides is 2. The average molecular weight is 348 g/mol. The number of halogens is 3. The molecule has 3 rings (SSSR count). The van der Waals surface area contributed by atoms with E-state index in [9.17, 15) is 8.78 Å². The maximum Gasteiger partial charge on any atom is 0.388 e. The lowest BCUT2D eigenvalue weighted by Gasteiger charge is -2.12. The van der Waals surface area contributed by atoms with Crippen LogP contribution in [0.4, 0.5) is 8.78 Å². The minimum Gasteiger partial charge on any atom is -0.416 e. The van der Waals surface area contributed by atoms with Crippen LogP contribution in [0.5, 0.6) is 5.88 Å². The molecule has 0 aliphatic heterocycles. The first-order chi connectivity index (χ1) is 11.6. The Kier molecular flexibility index (Phi) is 4.96. The van der Waals surface area contributed by atoms with Gasteiger partial charge in [-0.3, -0.25) is 9.97 Å². The van der Waals surface area contributed by atoms with Crippen LogP contribution in [0.25, 0.3) is 11.1 Å². The summed E-state index contributed by atoms with van der Waals surface area (Å²) in [6, 6.07) is 8.61. The third kappa shape index (κ3) is 4.02. The van der Waals surface area contributed by atoms with Crippen molar-refractivity contribution in [2.24, 2.45) is 0 Å². The summed E-state index contributed by atoms with van der Waals surface area (Å²) in [7, 11) is 0. The number of nitrogens with zero attached hydrogens (tertiary/aromatic N) is 3. The third-order valence-corrected chi connectivity index (χ3v) is 3.48. The first-order valence-corrected chi connectivity index (χ1v) is 7.44. The third-order valence-electron chi connectivity index (χ3n) is 3.25. The van der Waals surface area contributed by atoms with Gasteiger partial charge in [0.25, 0.3) is 0 Å². The molecule has 3 aromatic rings.